The summed E-state index contributed by atoms with van der Waals surface area (Å²) >= 11 is 1.60. The molecule has 0 aliphatic carbocycles. The van der Waals surface area contributed by atoms with Gasteiger partial charge in [0.1, 0.15) is 11.8 Å². The van der Waals surface area contributed by atoms with Gasteiger partial charge in [0.25, 0.3) is 6.43 Å². The second-order valence-corrected chi connectivity index (χ2v) is 3.40. The van der Waals surface area contributed by atoms with Crippen LogP contribution in [0.25, 0.3) is 0 Å². The number of halogens is 3. The molecule has 0 aliphatic rings. The standard InChI is InChI=1S/C8H3F2IN2O/c9-8(10)5-2-13-6(3-14)4(1-12)7(5)11/h2-3,8H. The summed E-state index contributed by atoms with van der Waals surface area (Å²) in [6.07, 6.45) is -1.41. The van der Waals surface area contributed by atoms with E-state index < -0.39 is 6.43 Å². The Labute approximate surface area is 91.9 Å². The lowest BCUT2D eigenvalue weighted by atomic mass is 10.1. The van der Waals surface area contributed by atoms with E-state index in [0.29, 0.717) is 6.29 Å². The van der Waals surface area contributed by atoms with E-state index in [1.807, 2.05) is 0 Å². The number of nitrogens with zero attached hydrogens (tertiary/aromatic N) is 2. The van der Waals surface area contributed by atoms with Crippen LogP contribution in [-0.4, -0.2) is 11.3 Å². The van der Waals surface area contributed by atoms with E-state index in [9.17, 15) is 13.6 Å². The molecular formula is C8H3F2IN2O. The predicted molar refractivity (Wildman–Crippen MR) is 52.0 cm³/mol. The molecular weight excluding hydrogens is 305 g/mol. The van der Waals surface area contributed by atoms with E-state index in [1.54, 1.807) is 28.7 Å². The number of alkyl halides is 2. The van der Waals surface area contributed by atoms with Gasteiger partial charge in [-0.15, -0.1) is 0 Å². The van der Waals surface area contributed by atoms with Gasteiger partial charge in [0.05, 0.1) is 11.1 Å². The van der Waals surface area contributed by atoms with Crippen LogP contribution in [0.1, 0.15) is 28.0 Å². The Bertz CT molecular complexity index is 415. The van der Waals surface area contributed by atoms with Crippen LogP contribution >= 0.6 is 22.6 Å². The number of carbonyl (C=O) groups is 1. The second kappa shape index (κ2) is 4.41. The van der Waals surface area contributed by atoms with E-state index in [2.05, 4.69) is 4.98 Å². The molecule has 0 radical (unpaired) electrons. The molecule has 1 rings (SSSR count). The average molecular weight is 308 g/mol. The Kier molecular flexibility index (Phi) is 3.46. The van der Waals surface area contributed by atoms with Crippen molar-refractivity contribution in [1.29, 1.82) is 5.26 Å². The highest BCUT2D eigenvalue weighted by atomic mass is 127. The molecule has 0 spiro atoms. The largest absolute Gasteiger partial charge is 0.296 e. The molecule has 0 amide bonds. The van der Waals surface area contributed by atoms with Crippen molar-refractivity contribution < 1.29 is 13.6 Å². The molecule has 0 N–H and O–H groups in total. The Morgan fingerprint density at radius 1 is 1.64 bits per heavy atom. The Balaban J connectivity index is 3.44. The summed E-state index contributed by atoms with van der Waals surface area (Å²) in [6, 6.07) is 1.68. The quantitative estimate of drug-likeness (QED) is 0.622. The normalized spacial score (nSPS) is 9.93. The summed E-state index contributed by atoms with van der Waals surface area (Å²) in [5.41, 5.74) is -0.535. The van der Waals surface area contributed by atoms with Gasteiger partial charge in [0, 0.05) is 9.77 Å². The molecule has 0 unspecified atom stereocenters. The predicted octanol–water partition coefficient (Wildman–Crippen LogP) is 2.31. The van der Waals surface area contributed by atoms with Crippen molar-refractivity contribution in [3.63, 3.8) is 0 Å². The van der Waals surface area contributed by atoms with Crippen LogP contribution in [0.5, 0.6) is 0 Å². The monoisotopic (exact) mass is 308 g/mol. The molecule has 0 saturated heterocycles. The van der Waals surface area contributed by atoms with Crippen molar-refractivity contribution in [2.45, 2.75) is 6.43 Å². The zero-order valence-electron chi connectivity index (χ0n) is 6.67. The number of aldehydes is 1. The summed E-state index contributed by atoms with van der Waals surface area (Å²) in [5, 5.41) is 8.64. The van der Waals surface area contributed by atoms with E-state index in [0.717, 1.165) is 6.20 Å². The number of nitriles is 1. The average Bonchev–Trinajstić information content (AvgIpc) is 2.16. The highest BCUT2D eigenvalue weighted by molar-refractivity contribution is 14.1. The Morgan fingerprint density at radius 3 is 2.71 bits per heavy atom. The Morgan fingerprint density at radius 2 is 2.29 bits per heavy atom. The van der Waals surface area contributed by atoms with Gasteiger partial charge >= 0.3 is 0 Å². The number of pyridine rings is 1. The van der Waals surface area contributed by atoms with E-state index >= 15 is 0 Å². The molecule has 14 heavy (non-hydrogen) atoms. The molecule has 0 atom stereocenters. The minimum absolute atomic E-state index is 0.0807. The van der Waals surface area contributed by atoms with Crippen LogP contribution in [0.4, 0.5) is 8.78 Å². The lowest BCUT2D eigenvalue weighted by Crippen LogP contribution is -2.01. The van der Waals surface area contributed by atoms with Crippen LogP contribution in [0.3, 0.4) is 0 Å². The zero-order valence-corrected chi connectivity index (χ0v) is 8.83. The van der Waals surface area contributed by atoms with Crippen molar-refractivity contribution in [1.82, 2.24) is 4.98 Å². The van der Waals surface area contributed by atoms with E-state index in [4.69, 9.17) is 5.26 Å². The fourth-order valence-corrected chi connectivity index (χ4v) is 1.64. The van der Waals surface area contributed by atoms with Gasteiger partial charge in [0.15, 0.2) is 6.29 Å². The van der Waals surface area contributed by atoms with Gasteiger partial charge in [-0.05, 0) is 22.6 Å². The maximum Gasteiger partial charge on any atom is 0.266 e. The summed E-state index contributed by atoms with van der Waals surface area (Å²) in [5.74, 6) is 0. The molecule has 1 aromatic heterocycles. The first kappa shape index (κ1) is 11.0. The van der Waals surface area contributed by atoms with Gasteiger partial charge in [-0.25, -0.2) is 8.78 Å². The highest BCUT2D eigenvalue weighted by Gasteiger charge is 2.17. The summed E-state index contributed by atoms with van der Waals surface area (Å²) in [6.45, 7) is 0. The number of hydrogen-bond acceptors (Lipinski definition) is 3. The molecule has 6 heteroatoms. The third kappa shape index (κ3) is 1.87. The topological polar surface area (TPSA) is 53.8 Å². The summed E-state index contributed by atoms with van der Waals surface area (Å²) in [7, 11) is 0. The molecule has 0 fully saturated rings. The number of carbonyl (C=O) groups excluding carboxylic acids is 1. The molecule has 0 bridgehead atoms. The van der Waals surface area contributed by atoms with Gasteiger partial charge < -0.3 is 0 Å². The molecule has 0 saturated carbocycles. The minimum atomic E-state index is -2.69. The molecule has 72 valence electrons. The number of hydrogen-bond donors (Lipinski definition) is 0. The van der Waals surface area contributed by atoms with Crippen molar-refractivity contribution in [2.24, 2.45) is 0 Å². The second-order valence-electron chi connectivity index (χ2n) is 2.32. The van der Waals surface area contributed by atoms with Crippen LogP contribution in [0.2, 0.25) is 0 Å². The van der Waals surface area contributed by atoms with Crippen molar-refractivity contribution in [3.8, 4) is 6.07 Å². The van der Waals surface area contributed by atoms with Gasteiger partial charge in [-0.3, -0.25) is 9.78 Å². The molecule has 0 aliphatic heterocycles. The fourth-order valence-electron chi connectivity index (χ4n) is 0.865. The van der Waals surface area contributed by atoms with Crippen LogP contribution in [0, 0.1) is 14.9 Å². The minimum Gasteiger partial charge on any atom is -0.296 e. The maximum absolute atomic E-state index is 12.3. The van der Waals surface area contributed by atoms with Crippen LogP contribution < -0.4 is 0 Å². The molecule has 1 heterocycles. The van der Waals surface area contributed by atoms with Crippen molar-refractivity contribution in [2.75, 3.05) is 0 Å². The van der Waals surface area contributed by atoms with Gasteiger partial charge in [-0.1, -0.05) is 0 Å². The summed E-state index contributed by atoms with van der Waals surface area (Å²) < 4.78 is 24.8. The van der Waals surface area contributed by atoms with Gasteiger partial charge in [0.2, 0.25) is 0 Å². The zero-order chi connectivity index (χ0) is 10.7. The lowest BCUT2D eigenvalue weighted by Gasteiger charge is -2.04. The first-order valence-electron chi connectivity index (χ1n) is 3.43. The van der Waals surface area contributed by atoms with Crippen LogP contribution in [-0.2, 0) is 0 Å². The van der Waals surface area contributed by atoms with Crippen molar-refractivity contribution in [3.05, 3.63) is 26.6 Å². The van der Waals surface area contributed by atoms with Crippen molar-refractivity contribution >= 4 is 28.9 Å². The third-order valence-corrected chi connectivity index (χ3v) is 2.69. The molecule has 3 nitrogen and oxygen atoms in total. The Hall–Kier alpha value is -1.10. The molecule has 1 aromatic rings. The first-order chi connectivity index (χ1) is 6.61. The number of aromatic nitrogens is 1. The lowest BCUT2D eigenvalue weighted by molar-refractivity contribution is 0.111. The smallest absolute Gasteiger partial charge is 0.266 e. The van der Waals surface area contributed by atoms with Gasteiger partial charge in [-0.2, -0.15) is 5.26 Å². The molecule has 0 aromatic carbocycles. The number of rotatable bonds is 2. The maximum atomic E-state index is 12.3. The van der Waals surface area contributed by atoms with E-state index in [1.165, 1.54) is 0 Å². The SMILES string of the molecule is N#Cc1c(C=O)ncc(C(F)F)c1I. The highest BCUT2D eigenvalue weighted by Crippen LogP contribution is 2.26. The fraction of sp³-hybridized carbons (Fsp3) is 0.125. The first-order valence-corrected chi connectivity index (χ1v) is 4.51. The third-order valence-electron chi connectivity index (χ3n) is 1.53. The summed E-state index contributed by atoms with van der Waals surface area (Å²) in [4.78, 5) is 13.9. The van der Waals surface area contributed by atoms with Crippen LogP contribution in [0.15, 0.2) is 6.20 Å². The van der Waals surface area contributed by atoms with E-state index in [-0.39, 0.29) is 20.4 Å².